The zero-order chi connectivity index (χ0) is 22.3. The van der Waals surface area contributed by atoms with E-state index in [2.05, 4.69) is 5.32 Å². The maximum absolute atomic E-state index is 13.9. The normalized spacial score (nSPS) is 16.9. The molecular formula is C19H23F3N2O5S. The molecule has 0 aromatic heterocycles. The Bertz CT molecular complexity index is 796. The average Bonchev–Trinajstić information content (AvgIpc) is 3.18. The van der Waals surface area contributed by atoms with Gasteiger partial charge in [-0.2, -0.15) is 0 Å². The summed E-state index contributed by atoms with van der Waals surface area (Å²) in [5.41, 5.74) is -0.168. The molecule has 2 amide bonds. The zero-order valence-corrected chi connectivity index (χ0v) is 17.1. The molecule has 1 aliphatic heterocycles. The van der Waals surface area contributed by atoms with Crippen LogP contribution in [0.5, 0.6) is 0 Å². The largest absolute Gasteiger partial charge is 0.479 e. The van der Waals surface area contributed by atoms with Gasteiger partial charge in [0.1, 0.15) is 11.9 Å². The fourth-order valence-corrected chi connectivity index (χ4v) is 3.96. The lowest BCUT2D eigenvalue weighted by Gasteiger charge is -2.26. The number of halogens is 3. The number of unbranched alkanes of at least 4 members (excludes halogenated alkanes) is 1. The van der Waals surface area contributed by atoms with Gasteiger partial charge in [-0.15, -0.1) is 11.8 Å². The van der Waals surface area contributed by atoms with Gasteiger partial charge in [-0.05, 0) is 30.9 Å². The summed E-state index contributed by atoms with van der Waals surface area (Å²) in [5.74, 6) is -4.99. The molecule has 2 rings (SSSR count). The predicted molar refractivity (Wildman–Crippen MR) is 103 cm³/mol. The topological polar surface area (TPSA) is 95.9 Å². The molecule has 30 heavy (non-hydrogen) atoms. The number of benzene rings is 1. The van der Waals surface area contributed by atoms with Crippen molar-refractivity contribution in [1.82, 2.24) is 10.2 Å². The fourth-order valence-electron chi connectivity index (χ4n) is 2.91. The maximum Gasteiger partial charge on any atom is 0.407 e. The van der Waals surface area contributed by atoms with Gasteiger partial charge in [-0.25, -0.2) is 22.8 Å². The Labute approximate surface area is 175 Å². The lowest BCUT2D eigenvalue weighted by Crippen LogP contribution is -2.51. The molecule has 11 heteroatoms. The predicted octanol–water partition coefficient (Wildman–Crippen LogP) is 2.92. The minimum atomic E-state index is -1.33. The first kappa shape index (κ1) is 23.8. The van der Waals surface area contributed by atoms with Crippen LogP contribution in [-0.4, -0.2) is 58.3 Å². The Morgan fingerprint density at radius 1 is 1.27 bits per heavy atom. The number of aryl methyl sites for hydroxylation is 1. The van der Waals surface area contributed by atoms with Crippen LogP contribution in [0.2, 0.25) is 0 Å². The van der Waals surface area contributed by atoms with Crippen LogP contribution in [0.4, 0.5) is 18.0 Å². The average molecular weight is 448 g/mol. The Morgan fingerprint density at radius 2 is 1.97 bits per heavy atom. The first-order valence-electron chi connectivity index (χ1n) is 9.46. The van der Waals surface area contributed by atoms with E-state index in [1.807, 2.05) is 6.92 Å². The van der Waals surface area contributed by atoms with Gasteiger partial charge in [0, 0.05) is 18.4 Å². The number of hydrogen-bond acceptors (Lipinski definition) is 5. The molecule has 0 saturated carbocycles. The van der Waals surface area contributed by atoms with E-state index in [-0.39, 0.29) is 31.6 Å². The van der Waals surface area contributed by atoms with Crippen molar-refractivity contribution in [2.75, 3.05) is 18.9 Å². The highest BCUT2D eigenvalue weighted by Crippen LogP contribution is 2.25. The molecule has 2 N–H and O–H groups in total. The number of ether oxygens (including phenoxy) is 1. The summed E-state index contributed by atoms with van der Waals surface area (Å²) < 4.78 is 45.5. The Balaban J connectivity index is 2.14. The molecule has 166 valence electrons. The van der Waals surface area contributed by atoms with Crippen molar-refractivity contribution in [1.29, 1.82) is 0 Å². The van der Waals surface area contributed by atoms with Crippen LogP contribution >= 0.6 is 11.8 Å². The number of amides is 2. The monoisotopic (exact) mass is 448 g/mol. The highest BCUT2D eigenvalue weighted by molar-refractivity contribution is 8.00. The Kier molecular flexibility index (Phi) is 8.82. The number of thioether (sulfide) groups is 1. The molecule has 1 aliphatic rings. The van der Waals surface area contributed by atoms with E-state index in [1.54, 1.807) is 0 Å². The van der Waals surface area contributed by atoms with Crippen molar-refractivity contribution in [2.24, 2.45) is 0 Å². The molecule has 1 aromatic rings. The van der Waals surface area contributed by atoms with Crippen LogP contribution < -0.4 is 5.32 Å². The third-order valence-electron chi connectivity index (χ3n) is 4.50. The van der Waals surface area contributed by atoms with E-state index >= 15 is 0 Å². The van der Waals surface area contributed by atoms with E-state index < -0.39 is 46.8 Å². The van der Waals surface area contributed by atoms with E-state index in [9.17, 15) is 32.7 Å². The molecule has 0 bridgehead atoms. The summed E-state index contributed by atoms with van der Waals surface area (Å²) >= 11 is 1.07. The number of carboxylic acid groups (broad SMARTS) is 1. The van der Waals surface area contributed by atoms with E-state index in [4.69, 9.17) is 4.74 Å². The van der Waals surface area contributed by atoms with Gasteiger partial charge < -0.3 is 20.1 Å². The highest BCUT2D eigenvalue weighted by atomic mass is 32.2. The summed E-state index contributed by atoms with van der Waals surface area (Å²) in [7, 11) is 0. The van der Waals surface area contributed by atoms with Gasteiger partial charge in [-0.1, -0.05) is 13.3 Å². The van der Waals surface area contributed by atoms with Gasteiger partial charge in [-0.3, -0.25) is 4.79 Å². The van der Waals surface area contributed by atoms with Crippen LogP contribution in [0.15, 0.2) is 12.1 Å². The third kappa shape index (κ3) is 6.28. The number of carbonyl (C=O) groups excluding carboxylic acids is 2. The molecule has 7 nitrogen and oxygen atoms in total. The van der Waals surface area contributed by atoms with Gasteiger partial charge in [0.2, 0.25) is 5.91 Å². The van der Waals surface area contributed by atoms with Gasteiger partial charge in [0.05, 0.1) is 6.61 Å². The second-order valence-electron chi connectivity index (χ2n) is 6.68. The first-order chi connectivity index (χ1) is 14.2. The number of rotatable bonds is 9. The molecular weight excluding hydrogens is 425 g/mol. The number of aliphatic carboxylic acids is 1. The smallest absolute Gasteiger partial charge is 0.407 e. The van der Waals surface area contributed by atoms with Crippen LogP contribution in [0.3, 0.4) is 0 Å². The number of nitrogens with zero attached hydrogens (tertiary/aromatic N) is 1. The molecule has 1 aromatic carbocycles. The van der Waals surface area contributed by atoms with Crippen molar-refractivity contribution in [3.05, 3.63) is 35.1 Å². The molecule has 2 atom stereocenters. The summed E-state index contributed by atoms with van der Waals surface area (Å²) in [6.45, 7) is 2.21. The van der Waals surface area contributed by atoms with E-state index in [1.165, 1.54) is 0 Å². The highest BCUT2D eigenvalue weighted by Gasteiger charge is 2.38. The first-order valence-corrected chi connectivity index (χ1v) is 10.5. The standard InChI is InChI=1S/C19H23F3N2O5S/c1-2-3-7-29-19(28)23-15(16(25)24-6-8-30-17(24)18(26)27)5-4-11-9-13(21)14(22)10-12(11)20/h9-10,15,17H,2-8H2,1H3,(H,23,28)(H,26,27)/t15-,17?/m1/s1. The summed E-state index contributed by atoms with van der Waals surface area (Å²) in [6, 6.07) is -0.115. The van der Waals surface area contributed by atoms with Crippen molar-refractivity contribution < 1.29 is 37.4 Å². The maximum atomic E-state index is 13.9. The zero-order valence-electron chi connectivity index (χ0n) is 16.3. The quantitative estimate of drug-likeness (QED) is 0.446. The van der Waals surface area contributed by atoms with Crippen molar-refractivity contribution in [2.45, 2.75) is 44.0 Å². The lowest BCUT2D eigenvalue weighted by molar-refractivity contribution is -0.146. The lowest BCUT2D eigenvalue weighted by atomic mass is 10.0. The minimum Gasteiger partial charge on any atom is -0.479 e. The van der Waals surface area contributed by atoms with Crippen LogP contribution in [0.1, 0.15) is 31.7 Å². The minimum absolute atomic E-state index is 0.137. The van der Waals surface area contributed by atoms with Gasteiger partial charge >= 0.3 is 12.1 Å². The second kappa shape index (κ2) is 11.1. The molecule has 0 spiro atoms. The molecule has 0 aliphatic carbocycles. The van der Waals surface area contributed by atoms with Crippen molar-refractivity contribution >= 4 is 29.7 Å². The van der Waals surface area contributed by atoms with Gasteiger partial charge in [0.15, 0.2) is 17.0 Å². The van der Waals surface area contributed by atoms with Crippen LogP contribution in [-0.2, 0) is 20.7 Å². The Hall–Kier alpha value is -2.43. The molecule has 1 unspecified atom stereocenters. The Morgan fingerprint density at radius 3 is 2.63 bits per heavy atom. The van der Waals surface area contributed by atoms with E-state index in [0.717, 1.165) is 23.1 Å². The van der Waals surface area contributed by atoms with Crippen molar-refractivity contribution in [3.8, 4) is 0 Å². The van der Waals surface area contributed by atoms with Crippen LogP contribution in [0.25, 0.3) is 0 Å². The summed E-state index contributed by atoms with van der Waals surface area (Å²) in [6.07, 6.45) is 0.197. The van der Waals surface area contributed by atoms with Crippen molar-refractivity contribution in [3.63, 3.8) is 0 Å². The van der Waals surface area contributed by atoms with Crippen LogP contribution in [0, 0.1) is 17.5 Å². The van der Waals surface area contributed by atoms with Gasteiger partial charge in [0.25, 0.3) is 0 Å². The third-order valence-corrected chi connectivity index (χ3v) is 5.69. The molecule has 1 fully saturated rings. The second-order valence-corrected chi connectivity index (χ2v) is 7.86. The number of carbonyl (C=O) groups is 3. The molecule has 0 radical (unpaired) electrons. The number of carboxylic acids is 1. The summed E-state index contributed by atoms with van der Waals surface area (Å²) in [5, 5.41) is 10.6. The number of alkyl carbamates (subject to hydrolysis) is 1. The molecule has 1 heterocycles. The SMILES string of the molecule is CCCCOC(=O)N[C@H](CCc1cc(F)c(F)cc1F)C(=O)N1CCSC1C(=O)O. The number of hydrogen-bond donors (Lipinski definition) is 2. The fraction of sp³-hybridized carbons (Fsp3) is 0.526. The number of nitrogens with one attached hydrogen (secondary N) is 1. The van der Waals surface area contributed by atoms with E-state index in [0.29, 0.717) is 24.3 Å². The summed E-state index contributed by atoms with van der Waals surface area (Å²) in [4.78, 5) is 37.4. The molecule has 1 saturated heterocycles.